The van der Waals surface area contributed by atoms with Crippen molar-refractivity contribution in [2.45, 2.75) is 25.3 Å². The number of hydrazine groups is 1. The second-order valence-corrected chi connectivity index (χ2v) is 6.12. The van der Waals surface area contributed by atoms with Crippen LogP contribution in [0.2, 0.25) is 5.02 Å². The monoisotopic (exact) mass is 316 g/mol. The van der Waals surface area contributed by atoms with Crippen LogP contribution in [0.25, 0.3) is 0 Å². The molecule has 0 spiro atoms. The van der Waals surface area contributed by atoms with Gasteiger partial charge in [-0.1, -0.05) is 41.9 Å². The molecule has 1 aliphatic rings. The van der Waals surface area contributed by atoms with Crippen LogP contribution in [0.15, 0.2) is 42.6 Å². The molecule has 1 aromatic carbocycles. The minimum atomic E-state index is 0.540. The molecule has 4 nitrogen and oxygen atoms in total. The zero-order valence-electron chi connectivity index (χ0n) is 12.5. The van der Waals surface area contributed by atoms with E-state index in [1.54, 1.807) is 6.20 Å². The van der Waals surface area contributed by atoms with Crippen molar-refractivity contribution >= 4 is 17.4 Å². The van der Waals surface area contributed by atoms with Crippen LogP contribution in [0, 0.1) is 0 Å². The molecule has 116 valence electrons. The number of hydrogen-bond donors (Lipinski definition) is 2. The second-order valence-electron chi connectivity index (χ2n) is 5.74. The quantitative estimate of drug-likeness (QED) is 0.670. The summed E-state index contributed by atoms with van der Waals surface area (Å²) in [6, 6.07) is 12.8. The Morgan fingerprint density at radius 2 is 1.91 bits per heavy atom. The number of rotatable bonds is 4. The molecule has 1 fully saturated rings. The first-order chi connectivity index (χ1) is 10.8. The third kappa shape index (κ3) is 3.40. The van der Waals surface area contributed by atoms with Gasteiger partial charge in [-0.25, -0.2) is 10.8 Å². The number of pyridine rings is 1. The third-order valence-corrected chi connectivity index (χ3v) is 4.78. The van der Waals surface area contributed by atoms with E-state index in [-0.39, 0.29) is 0 Å². The predicted molar refractivity (Wildman–Crippen MR) is 90.8 cm³/mol. The van der Waals surface area contributed by atoms with E-state index in [1.807, 2.05) is 6.07 Å². The molecule has 0 amide bonds. The zero-order valence-corrected chi connectivity index (χ0v) is 13.3. The lowest BCUT2D eigenvalue weighted by molar-refractivity contribution is 0.204. The number of nitrogens with zero attached hydrogens (tertiary/aromatic N) is 2. The molecule has 0 bridgehead atoms. The standard InChI is InChI=1S/C17H21ClN4/c18-16-15(6-9-20-17(16)21-19)12-22-10-7-14(8-11-22)13-4-2-1-3-5-13/h1-6,9,14H,7-8,10-12,19H2,(H,20,21). The largest absolute Gasteiger partial charge is 0.307 e. The average Bonchev–Trinajstić information content (AvgIpc) is 2.58. The first-order valence-electron chi connectivity index (χ1n) is 7.65. The Morgan fingerprint density at radius 1 is 1.18 bits per heavy atom. The van der Waals surface area contributed by atoms with E-state index in [2.05, 4.69) is 45.6 Å². The second kappa shape index (κ2) is 7.09. The highest BCUT2D eigenvalue weighted by Crippen LogP contribution is 2.30. The van der Waals surface area contributed by atoms with Gasteiger partial charge in [0.2, 0.25) is 0 Å². The number of aromatic nitrogens is 1. The first kappa shape index (κ1) is 15.3. The van der Waals surface area contributed by atoms with E-state index >= 15 is 0 Å². The molecular formula is C17H21ClN4. The van der Waals surface area contributed by atoms with E-state index in [0.29, 0.717) is 16.8 Å². The molecule has 0 atom stereocenters. The van der Waals surface area contributed by atoms with Crippen LogP contribution in [0.4, 0.5) is 5.82 Å². The number of anilines is 1. The summed E-state index contributed by atoms with van der Waals surface area (Å²) in [5.41, 5.74) is 5.07. The van der Waals surface area contributed by atoms with Crippen molar-refractivity contribution in [2.24, 2.45) is 5.84 Å². The SMILES string of the molecule is NNc1nccc(CN2CCC(c3ccccc3)CC2)c1Cl. The van der Waals surface area contributed by atoms with E-state index < -0.39 is 0 Å². The van der Waals surface area contributed by atoms with E-state index in [4.69, 9.17) is 17.4 Å². The highest BCUT2D eigenvalue weighted by atomic mass is 35.5. The molecule has 22 heavy (non-hydrogen) atoms. The van der Waals surface area contributed by atoms with Gasteiger partial charge in [0.15, 0.2) is 5.82 Å². The highest BCUT2D eigenvalue weighted by Gasteiger charge is 2.21. The Balaban J connectivity index is 1.61. The van der Waals surface area contributed by atoms with Crippen molar-refractivity contribution in [3.05, 3.63) is 58.7 Å². The van der Waals surface area contributed by atoms with Crippen molar-refractivity contribution in [1.82, 2.24) is 9.88 Å². The van der Waals surface area contributed by atoms with Crippen molar-refractivity contribution in [3.8, 4) is 0 Å². The Hall–Kier alpha value is -1.62. The van der Waals surface area contributed by atoms with Gasteiger partial charge in [-0.3, -0.25) is 4.90 Å². The van der Waals surface area contributed by atoms with Gasteiger partial charge < -0.3 is 5.43 Å². The first-order valence-corrected chi connectivity index (χ1v) is 8.03. The zero-order chi connectivity index (χ0) is 15.4. The average molecular weight is 317 g/mol. The topological polar surface area (TPSA) is 54.2 Å². The van der Waals surface area contributed by atoms with Crippen LogP contribution in [0.1, 0.15) is 29.9 Å². The van der Waals surface area contributed by atoms with Crippen molar-refractivity contribution in [1.29, 1.82) is 0 Å². The number of benzene rings is 1. The molecule has 2 aromatic rings. The lowest BCUT2D eigenvalue weighted by atomic mass is 9.89. The molecule has 1 aliphatic heterocycles. The maximum atomic E-state index is 6.32. The molecule has 3 N–H and O–H groups in total. The van der Waals surface area contributed by atoms with Crippen molar-refractivity contribution in [3.63, 3.8) is 0 Å². The van der Waals surface area contributed by atoms with E-state index in [0.717, 1.165) is 25.2 Å². The Labute approximate surface area is 136 Å². The molecule has 0 aliphatic carbocycles. The molecule has 1 aromatic heterocycles. The van der Waals surface area contributed by atoms with E-state index in [1.165, 1.54) is 18.4 Å². The molecule has 5 heteroatoms. The Bertz CT molecular complexity index is 609. The number of hydrogen-bond acceptors (Lipinski definition) is 4. The van der Waals surface area contributed by atoms with Crippen LogP contribution < -0.4 is 11.3 Å². The molecule has 3 rings (SSSR count). The molecule has 0 radical (unpaired) electrons. The summed E-state index contributed by atoms with van der Waals surface area (Å²) in [7, 11) is 0. The smallest absolute Gasteiger partial charge is 0.159 e. The minimum absolute atomic E-state index is 0.540. The number of halogens is 1. The van der Waals surface area contributed by atoms with Crippen molar-refractivity contribution < 1.29 is 0 Å². The van der Waals surface area contributed by atoms with Gasteiger partial charge in [0.1, 0.15) is 0 Å². The van der Waals surface area contributed by atoms with Gasteiger partial charge in [-0.15, -0.1) is 0 Å². The molecule has 0 saturated carbocycles. The van der Waals surface area contributed by atoms with Gasteiger partial charge in [-0.05, 0) is 49.0 Å². The number of likely N-dealkylation sites (tertiary alicyclic amines) is 1. The Kier molecular flexibility index (Phi) is 4.93. The fraction of sp³-hybridized carbons (Fsp3) is 0.353. The van der Waals surface area contributed by atoms with Gasteiger partial charge in [0.05, 0.1) is 5.02 Å². The van der Waals surface area contributed by atoms with Crippen molar-refractivity contribution in [2.75, 3.05) is 18.5 Å². The third-order valence-electron chi connectivity index (χ3n) is 4.36. The van der Waals surface area contributed by atoms with E-state index in [9.17, 15) is 0 Å². The fourth-order valence-electron chi connectivity index (χ4n) is 3.10. The lowest BCUT2D eigenvalue weighted by Crippen LogP contribution is -2.32. The predicted octanol–water partition coefficient (Wildman–Crippen LogP) is 3.40. The van der Waals surface area contributed by atoms with Crippen LogP contribution in [0.5, 0.6) is 0 Å². The summed E-state index contributed by atoms with van der Waals surface area (Å²) >= 11 is 6.32. The number of nitrogens with one attached hydrogen (secondary N) is 1. The van der Waals surface area contributed by atoms with Gasteiger partial charge in [0.25, 0.3) is 0 Å². The fourth-order valence-corrected chi connectivity index (χ4v) is 3.32. The maximum absolute atomic E-state index is 6.32. The summed E-state index contributed by atoms with van der Waals surface area (Å²) in [5.74, 6) is 6.64. The number of nitrogen functional groups attached to an aromatic ring is 1. The number of nitrogens with two attached hydrogens (primary N) is 1. The molecule has 2 heterocycles. The van der Waals surface area contributed by atoms with Crippen LogP contribution in [0.3, 0.4) is 0 Å². The normalized spacial score (nSPS) is 16.6. The van der Waals surface area contributed by atoms with Crippen LogP contribution in [-0.2, 0) is 6.54 Å². The summed E-state index contributed by atoms with van der Waals surface area (Å²) in [6.07, 6.45) is 4.12. The summed E-state index contributed by atoms with van der Waals surface area (Å²) < 4.78 is 0. The van der Waals surface area contributed by atoms with Gasteiger partial charge in [-0.2, -0.15) is 0 Å². The summed E-state index contributed by atoms with van der Waals surface area (Å²) in [4.78, 5) is 6.56. The molecular weight excluding hydrogens is 296 g/mol. The lowest BCUT2D eigenvalue weighted by Gasteiger charge is -2.32. The molecule has 0 unspecified atom stereocenters. The highest BCUT2D eigenvalue weighted by molar-refractivity contribution is 6.33. The summed E-state index contributed by atoms with van der Waals surface area (Å²) in [5, 5.41) is 0.621. The van der Waals surface area contributed by atoms with Gasteiger partial charge >= 0.3 is 0 Å². The molecule has 1 saturated heterocycles. The summed E-state index contributed by atoms with van der Waals surface area (Å²) in [6.45, 7) is 3.02. The Morgan fingerprint density at radius 3 is 2.59 bits per heavy atom. The number of piperidine rings is 1. The minimum Gasteiger partial charge on any atom is -0.307 e. The van der Waals surface area contributed by atoms with Crippen LogP contribution >= 0.6 is 11.6 Å². The maximum Gasteiger partial charge on any atom is 0.159 e. The van der Waals surface area contributed by atoms with Gasteiger partial charge in [0, 0.05) is 12.7 Å². The van der Waals surface area contributed by atoms with Crippen LogP contribution in [-0.4, -0.2) is 23.0 Å².